The fraction of sp³-hybridized carbons (Fsp3) is 0.250. The smallest absolute Gasteiger partial charge is 0.328 e. The average molecular weight is 157 g/mol. The Morgan fingerprint density at radius 1 is 1.64 bits per heavy atom. The molecule has 0 heterocycles. The molecule has 0 rings (SSSR count). The molecule has 11 heavy (non-hydrogen) atoms. The lowest BCUT2D eigenvalue weighted by atomic mass is 10.3. The van der Waals surface area contributed by atoms with Gasteiger partial charge >= 0.3 is 5.97 Å². The van der Waals surface area contributed by atoms with Crippen LogP contribution in [0.2, 0.25) is 0 Å². The van der Waals surface area contributed by atoms with Crippen molar-refractivity contribution in [2.75, 3.05) is 7.11 Å². The van der Waals surface area contributed by atoms with E-state index in [0.29, 0.717) is 0 Å². The van der Waals surface area contributed by atoms with Crippen molar-refractivity contribution in [3.63, 3.8) is 0 Å². The molecule has 1 unspecified atom stereocenters. The molecule has 0 spiro atoms. The first-order chi connectivity index (χ1) is 5.16. The summed E-state index contributed by atoms with van der Waals surface area (Å²) in [7, 11) is 1.46. The Morgan fingerprint density at radius 3 is 2.36 bits per heavy atom. The van der Waals surface area contributed by atoms with Crippen LogP contribution in [0.1, 0.15) is 0 Å². The number of methoxy groups -OCH3 is 1. The highest BCUT2D eigenvalue weighted by Crippen LogP contribution is 1.87. The molecule has 0 saturated carbocycles. The first-order valence-electron chi connectivity index (χ1n) is 2.94. The molecule has 0 aliphatic heterocycles. The monoisotopic (exact) mass is 157 g/mol. The molecule has 0 bridgehead atoms. The van der Waals surface area contributed by atoms with E-state index in [1.807, 2.05) is 0 Å². The standard InChI is InChI=1S/C6H9O3.C2H4/c1-5(9-2)3-4-6(7)8;1-2/h3-5H,1H2,2H3,(H,7,8);1-2H2. The Hall–Kier alpha value is -1.09. The van der Waals surface area contributed by atoms with Gasteiger partial charge in [0, 0.05) is 13.2 Å². The van der Waals surface area contributed by atoms with E-state index in [4.69, 9.17) is 5.11 Å². The van der Waals surface area contributed by atoms with Crippen LogP contribution in [0.4, 0.5) is 0 Å². The number of carbonyl (C=O) groups is 1. The van der Waals surface area contributed by atoms with Crippen LogP contribution in [-0.4, -0.2) is 24.3 Å². The summed E-state index contributed by atoms with van der Waals surface area (Å²) in [5.74, 6) is -0.985. The normalized spacial score (nSPS) is 11.8. The van der Waals surface area contributed by atoms with Crippen LogP contribution >= 0.6 is 0 Å². The molecule has 0 aliphatic rings. The van der Waals surface area contributed by atoms with Gasteiger partial charge in [-0.3, -0.25) is 0 Å². The summed E-state index contributed by atoms with van der Waals surface area (Å²) in [5, 5.41) is 8.09. The zero-order valence-electron chi connectivity index (χ0n) is 6.62. The van der Waals surface area contributed by atoms with E-state index >= 15 is 0 Å². The Bertz CT molecular complexity index is 129. The van der Waals surface area contributed by atoms with E-state index in [1.165, 1.54) is 13.2 Å². The number of carboxylic acid groups (broad SMARTS) is 1. The summed E-state index contributed by atoms with van der Waals surface area (Å²) < 4.78 is 4.64. The van der Waals surface area contributed by atoms with E-state index in [0.717, 1.165) is 6.08 Å². The lowest BCUT2D eigenvalue weighted by Gasteiger charge is -1.98. The molecule has 0 saturated heterocycles. The Balaban J connectivity index is 0. The van der Waals surface area contributed by atoms with Crippen LogP contribution in [0.5, 0.6) is 0 Å². The number of hydrogen-bond donors (Lipinski definition) is 1. The van der Waals surface area contributed by atoms with Crippen LogP contribution < -0.4 is 0 Å². The molecule has 0 fully saturated rings. The van der Waals surface area contributed by atoms with Gasteiger partial charge in [-0.2, -0.15) is 0 Å². The topological polar surface area (TPSA) is 46.5 Å². The largest absolute Gasteiger partial charge is 0.478 e. The second kappa shape index (κ2) is 8.91. The van der Waals surface area contributed by atoms with Crippen molar-refractivity contribution in [1.29, 1.82) is 0 Å². The first-order valence-corrected chi connectivity index (χ1v) is 2.94. The van der Waals surface area contributed by atoms with Gasteiger partial charge in [-0.15, -0.1) is 13.2 Å². The summed E-state index contributed by atoms with van der Waals surface area (Å²) >= 11 is 0. The molecular formula is C8H13O3. The third-order valence-corrected chi connectivity index (χ3v) is 0.756. The minimum atomic E-state index is -0.985. The number of ether oxygens (including phenoxy) is 1. The van der Waals surface area contributed by atoms with Crippen LogP contribution in [0, 0.1) is 6.92 Å². The van der Waals surface area contributed by atoms with E-state index < -0.39 is 5.97 Å². The SMILES string of the molecule is C=C.[CH2]C(C=CC(=O)O)OC. The highest BCUT2D eigenvalue weighted by atomic mass is 16.5. The van der Waals surface area contributed by atoms with Crippen LogP contribution in [0.15, 0.2) is 25.3 Å². The summed E-state index contributed by atoms with van der Waals surface area (Å²) in [6, 6.07) is 0. The molecule has 1 atom stereocenters. The Morgan fingerprint density at radius 2 is 2.09 bits per heavy atom. The summed E-state index contributed by atoms with van der Waals surface area (Å²) in [6.45, 7) is 9.46. The maximum Gasteiger partial charge on any atom is 0.328 e. The van der Waals surface area contributed by atoms with Gasteiger partial charge in [-0.1, -0.05) is 0 Å². The highest BCUT2D eigenvalue weighted by molar-refractivity contribution is 5.79. The lowest BCUT2D eigenvalue weighted by molar-refractivity contribution is -0.131. The molecular weight excluding hydrogens is 144 g/mol. The number of carboxylic acids is 1. The molecule has 63 valence electrons. The van der Waals surface area contributed by atoms with Crippen molar-refractivity contribution in [3.8, 4) is 0 Å². The van der Waals surface area contributed by atoms with Crippen LogP contribution in [-0.2, 0) is 9.53 Å². The summed E-state index contributed by atoms with van der Waals surface area (Å²) in [4.78, 5) is 9.85. The minimum absolute atomic E-state index is 0.374. The molecule has 3 nitrogen and oxygen atoms in total. The second-order valence-electron chi connectivity index (χ2n) is 1.47. The lowest BCUT2D eigenvalue weighted by Crippen LogP contribution is -2.01. The van der Waals surface area contributed by atoms with Crippen molar-refractivity contribution in [3.05, 3.63) is 32.2 Å². The van der Waals surface area contributed by atoms with Gasteiger partial charge in [-0.05, 0) is 13.0 Å². The van der Waals surface area contributed by atoms with Gasteiger partial charge in [0.05, 0.1) is 6.10 Å². The molecule has 0 aromatic heterocycles. The quantitative estimate of drug-likeness (QED) is 0.496. The number of hydrogen-bond acceptors (Lipinski definition) is 2. The third-order valence-electron chi connectivity index (χ3n) is 0.756. The number of rotatable bonds is 3. The highest BCUT2D eigenvalue weighted by Gasteiger charge is 1.91. The van der Waals surface area contributed by atoms with E-state index in [2.05, 4.69) is 24.8 Å². The molecule has 0 aliphatic carbocycles. The van der Waals surface area contributed by atoms with Crippen LogP contribution in [0.25, 0.3) is 0 Å². The van der Waals surface area contributed by atoms with Crippen molar-refractivity contribution in [2.24, 2.45) is 0 Å². The maximum absolute atomic E-state index is 9.85. The second-order valence-corrected chi connectivity index (χ2v) is 1.47. The van der Waals surface area contributed by atoms with Crippen molar-refractivity contribution >= 4 is 5.97 Å². The van der Waals surface area contributed by atoms with Crippen molar-refractivity contribution < 1.29 is 14.6 Å². The molecule has 0 aromatic carbocycles. The van der Waals surface area contributed by atoms with Gasteiger partial charge in [0.15, 0.2) is 0 Å². The van der Waals surface area contributed by atoms with Gasteiger partial charge in [0.2, 0.25) is 0 Å². The van der Waals surface area contributed by atoms with Gasteiger partial charge in [0.25, 0.3) is 0 Å². The maximum atomic E-state index is 9.85. The number of aliphatic carboxylic acids is 1. The van der Waals surface area contributed by atoms with E-state index in [-0.39, 0.29) is 6.10 Å². The summed E-state index contributed by atoms with van der Waals surface area (Å²) in [5.41, 5.74) is 0. The predicted octanol–water partition coefficient (Wildman–Crippen LogP) is 1.28. The van der Waals surface area contributed by atoms with E-state index in [9.17, 15) is 4.79 Å². The predicted molar refractivity (Wildman–Crippen MR) is 44.2 cm³/mol. The van der Waals surface area contributed by atoms with Gasteiger partial charge in [0.1, 0.15) is 0 Å². The van der Waals surface area contributed by atoms with Crippen molar-refractivity contribution in [1.82, 2.24) is 0 Å². The summed E-state index contributed by atoms with van der Waals surface area (Å²) in [6.07, 6.45) is 1.99. The zero-order valence-corrected chi connectivity index (χ0v) is 6.62. The van der Waals surface area contributed by atoms with Crippen LogP contribution in [0.3, 0.4) is 0 Å². The zero-order chi connectivity index (χ0) is 9.28. The Labute approximate surface area is 67.0 Å². The average Bonchev–Trinajstić information content (AvgIpc) is 2.04. The fourth-order valence-electron chi connectivity index (χ4n) is 0.268. The molecule has 0 amide bonds. The minimum Gasteiger partial charge on any atom is -0.478 e. The fourth-order valence-corrected chi connectivity index (χ4v) is 0.268. The first kappa shape index (κ1) is 12.6. The Kier molecular flexibility index (Phi) is 10.2. The molecule has 1 N–H and O–H groups in total. The molecule has 3 heteroatoms. The van der Waals surface area contributed by atoms with Crippen molar-refractivity contribution in [2.45, 2.75) is 6.10 Å². The van der Waals surface area contributed by atoms with Gasteiger partial charge < -0.3 is 9.84 Å². The van der Waals surface area contributed by atoms with Gasteiger partial charge in [-0.25, -0.2) is 4.79 Å². The molecule has 1 radical (unpaired) electrons. The third kappa shape index (κ3) is 12.2. The van der Waals surface area contributed by atoms with E-state index in [1.54, 1.807) is 0 Å². The molecule has 0 aromatic rings.